The zero-order valence-electron chi connectivity index (χ0n) is 13.0. The molecular formula is C17H20Br2N2OS. The molecule has 0 aliphatic carbocycles. The van der Waals surface area contributed by atoms with Gasteiger partial charge in [0.1, 0.15) is 5.75 Å². The van der Waals surface area contributed by atoms with Crippen LogP contribution in [-0.4, -0.2) is 37.7 Å². The molecule has 1 unspecified atom stereocenters. The molecule has 1 aliphatic heterocycles. The van der Waals surface area contributed by atoms with E-state index in [1.807, 2.05) is 13.0 Å². The van der Waals surface area contributed by atoms with E-state index >= 15 is 0 Å². The summed E-state index contributed by atoms with van der Waals surface area (Å²) in [6.07, 6.45) is 0. The molecule has 2 heterocycles. The second kappa shape index (κ2) is 8.12. The lowest BCUT2D eigenvalue weighted by Crippen LogP contribution is -2.45. The average molecular weight is 460 g/mol. The van der Waals surface area contributed by atoms with Crippen molar-refractivity contribution in [1.82, 2.24) is 10.2 Å². The van der Waals surface area contributed by atoms with Crippen LogP contribution in [0.4, 0.5) is 0 Å². The molecule has 1 saturated heterocycles. The van der Waals surface area contributed by atoms with Gasteiger partial charge in [0.25, 0.3) is 0 Å². The SMILES string of the molecule is CCOc1ccc(Br)cc1C(c1ccc(Br)s1)N1CCNCC1. The molecular weight excluding hydrogens is 440 g/mol. The molecule has 1 aromatic carbocycles. The van der Waals surface area contributed by atoms with Crippen LogP contribution in [0.5, 0.6) is 5.75 Å². The van der Waals surface area contributed by atoms with Gasteiger partial charge in [0.2, 0.25) is 0 Å². The Morgan fingerprint density at radius 3 is 2.65 bits per heavy atom. The van der Waals surface area contributed by atoms with Crippen LogP contribution in [0.2, 0.25) is 0 Å². The summed E-state index contributed by atoms with van der Waals surface area (Å²) in [5.74, 6) is 0.976. The highest BCUT2D eigenvalue weighted by atomic mass is 79.9. The predicted octanol–water partition coefficient (Wildman–Crippen LogP) is 4.67. The molecule has 0 bridgehead atoms. The first-order valence-electron chi connectivity index (χ1n) is 7.81. The van der Waals surface area contributed by atoms with Crippen LogP contribution in [0.1, 0.15) is 23.4 Å². The number of nitrogens with zero attached hydrogens (tertiary/aromatic N) is 1. The second-order valence-corrected chi connectivity index (χ2v) is 8.86. The summed E-state index contributed by atoms with van der Waals surface area (Å²) >= 11 is 9.03. The van der Waals surface area contributed by atoms with Gasteiger partial charge in [0.05, 0.1) is 16.4 Å². The molecule has 3 rings (SSSR count). The summed E-state index contributed by atoms with van der Waals surface area (Å²) in [6.45, 7) is 6.85. The summed E-state index contributed by atoms with van der Waals surface area (Å²) < 4.78 is 8.18. The van der Waals surface area contributed by atoms with Crippen LogP contribution in [0.15, 0.2) is 38.6 Å². The lowest BCUT2D eigenvalue weighted by molar-refractivity contribution is 0.196. The maximum atomic E-state index is 5.92. The Morgan fingerprint density at radius 2 is 2.00 bits per heavy atom. The third kappa shape index (κ3) is 4.17. The molecule has 6 heteroatoms. The average Bonchev–Trinajstić information content (AvgIpc) is 2.97. The highest BCUT2D eigenvalue weighted by Gasteiger charge is 2.28. The Balaban J connectivity index is 2.05. The van der Waals surface area contributed by atoms with Gasteiger partial charge in [-0.1, -0.05) is 15.9 Å². The molecule has 124 valence electrons. The molecule has 1 aromatic heterocycles. The van der Waals surface area contributed by atoms with Crippen LogP contribution < -0.4 is 10.1 Å². The molecule has 0 amide bonds. The third-order valence-electron chi connectivity index (χ3n) is 3.95. The molecule has 0 saturated carbocycles. The number of nitrogens with one attached hydrogen (secondary N) is 1. The maximum absolute atomic E-state index is 5.92. The lowest BCUT2D eigenvalue weighted by Gasteiger charge is -2.35. The quantitative estimate of drug-likeness (QED) is 0.703. The number of hydrogen-bond donors (Lipinski definition) is 1. The van der Waals surface area contributed by atoms with Gasteiger partial charge >= 0.3 is 0 Å². The largest absolute Gasteiger partial charge is 0.494 e. The van der Waals surface area contributed by atoms with Crippen LogP contribution in [0, 0.1) is 0 Å². The molecule has 0 radical (unpaired) electrons. The Kier molecular flexibility index (Phi) is 6.15. The molecule has 1 atom stereocenters. The molecule has 3 nitrogen and oxygen atoms in total. The van der Waals surface area contributed by atoms with Crippen LogP contribution in [0.3, 0.4) is 0 Å². The number of rotatable bonds is 5. The summed E-state index contributed by atoms with van der Waals surface area (Å²) in [5, 5.41) is 3.44. The fourth-order valence-corrected chi connectivity index (χ4v) is 4.92. The monoisotopic (exact) mass is 458 g/mol. The zero-order chi connectivity index (χ0) is 16.2. The first-order chi connectivity index (χ1) is 11.2. The Labute approximate surface area is 158 Å². The van der Waals surface area contributed by atoms with Crippen molar-refractivity contribution in [2.24, 2.45) is 0 Å². The van der Waals surface area contributed by atoms with Crippen LogP contribution in [-0.2, 0) is 0 Å². The second-order valence-electron chi connectivity index (χ2n) is 5.45. The molecule has 0 spiro atoms. The molecule has 1 aliphatic rings. The Morgan fingerprint density at radius 1 is 1.22 bits per heavy atom. The number of hydrogen-bond acceptors (Lipinski definition) is 4. The fraction of sp³-hybridized carbons (Fsp3) is 0.412. The van der Waals surface area contributed by atoms with Crippen molar-refractivity contribution < 1.29 is 4.74 Å². The third-order valence-corrected chi connectivity index (χ3v) is 6.12. The smallest absolute Gasteiger partial charge is 0.124 e. The molecule has 1 fully saturated rings. The highest BCUT2D eigenvalue weighted by molar-refractivity contribution is 9.11. The van der Waals surface area contributed by atoms with Crippen LogP contribution >= 0.6 is 43.2 Å². The highest BCUT2D eigenvalue weighted by Crippen LogP contribution is 2.40. The van der Waals surface area contributed by atoms with Crippen molar-refractivity contribution in [3.8, 4) is 5.75 Å². The van der Waals surface area contributed by atoms with E-state index in [0.717, 1.165) is 36.4 Å². The Hall–Kier alpha value is -0.400. The van der Waals surface area contributed by atoms with Gasteiger partial charge in [-0.2, -0.15) is 0 Å². The van der Waals surface area contributed by atoms with Crippen molar-refractivity contribution in [2.45, 2.75) is 13.0 Å². The molecule has 2 aromatic rings. The van der Waals surface area contributed by atoms with E-state index in [1.54, 1.807) is 11.3 Å². The minimum atomic E-state index is 0.229. The summed E-state index contributed by atoms with van der Waals surface area (Å²) in [5.41, 5.74) is 1.23. The molecule has 1 N–H and O–H groups in total. The van der Waals surface area contributed by atoms with Crippen molar-refractivity contribution in [1.29, 1.82) is 0 Å². The van der Waals surface area contributed by atoms with E-state index in [-0.39, 0.29) is 6.04 Å². The number of benzene rings is 1. The summed E-state index contributed by atoms with van der Waals surface area (Å²) in [7, 11) is 0. The van der Waals surface area contributed by atoms with E-state index in [1.165, 1.54) is 14.2 Å². The van der Waals surface area contributed by atoms with Crippen LogP contribution in [0.25, 0.3) is 0 Å². The Bertz CT molecular complexity index is 656. The fourth-order valence-electron chi connectivity index (χ4n) is 2.97. The topological polar surface area (TPSA) is 24.5 Å². The van der Waals surface area contributed by atoms with Gasteiger partial charge in [-0.3, -0.25) is 4.90 Å². The normalized spacial score (nSPS) is 17.2. The van der Waals surface area contributed by atoms with Gasteiger partial charge in [-0.25, -0.2) is 0 Å². The van der Waals surface area contributed by atoms with Gasteiger partial charge < -0.3 is 10.1 Å². The minimum absolute atomic E-state index is 0.229. The van der Waals surface area contributed by atoms with E-state index in [4.69, 9.17) is 4.74 Å². The predicted molar refractivity (Wildman–Crippen MR) is 104 cm³/mol. The summed E-state index contributed by atoms with van der Waals surface area (Å²) in [6, 6.07) is 10.9. The number of thiophene rings is 1. The standard InChI is InChI=1S/C17H20Br2N2OS/c1-2-22-14-4-3-12(18)11-13(14)17(15-5-6-16(19)23-15)21-9-7-20-8-10-21/h3-6,11,17,20H,2,7-10H2,1H3. The van der Waals surface area contributed by atoms with Gasteiger partial charge in [0, 0.05) is 41.1 Å². The maximum Gasteiger partial charge on any atom is 0.124 e. The first-order valence-corrected chi connectivity index (χ1v) is 10.2. The number of ether oxygens (including phenoxy) is 1. The zero-order valence-corrected chi connectivity index (χ0v) is 17.0. The van der Waals surface area contributed by atoms with Crippen molar-refractivity contribution in [3.05, 3.63) is 49.0 Å². The van der Waals surface area contributed by atoms with Crippen molar-refractivity contribution >= 4 is 43.2 Å². The van der Waals surface area contributed by atoms with E-state index in [9.17, 15) is 0 Å². The number of halogens is 2. The van der Waals surface area contributed by atoms with Gasteiger partial charge in [-0.05, 0) is 53.2 Å². The summed E-state index contributed by atoms with van der Waals surface area (Å²) in [4.78, 5) is 3.89. The van der Waals surface area contributed by atoms with Gasteiger partial charge in [-0.15, -0.1) is 11.3 Å². The minimum Gasteiger partial charge on any atom is -0.494 e. The van der Waals surface area contributed by atoms with Crippen molar-refractivity contribution in [2.75, 3.05) is 32.8 Å². The van der Waals surface area contributed by atoms with Gasteiger partial charge in [0.15, 0.2) is 0 Å². The lowest BCUT2D eigenvalue weighted by atomic mass is 10.0. The number of piperazine rings is 1. The van der Waals surface area contributed by atoms with Crippen molar-refractivity contribution in [3.63, 3.8) is 0 Å². The first kappa shape index (κ1) is 17.4. The molecule has 23 heavy (non-hydrogen) atoms. The van der Waals surface area contributed by atoms with E-state index in [2.05, 4.69) is 66.3 Å². The van der Waals surface area contributed by atoms with E-state index < -0.39 is 0 Å². The van der Waals surface area contributed by atoms with E-state index in [0.29, 0.717) is 6.61 Å².